The standard InChI is InChI=1S/C12H16F2N2O.ClH/c1-15-5-6-16(2)12(17)7-9-3-4-10(13)8-11(9)14;/h3-4,8,15H,5-7H2,1-2H3;1H. The van der Waals surface area contributed by atoms with Crippen molar-refractivity contribution in [1.82, 2.24) is 10.2 Å². The maximum atomic E-state index is 13.3. The molecule has 0 fully saturated rings. The molecule has 0 aliphatic carbocycles. The van der Waals surface area contributed by atoms with Crippen LogP contribution in [0.4, 0.5) is 8.78 Å². The first kappa shape index (κ1) is 16.8. The highest BCUT2D eigenvalue weighted by Crippen LogP contribution is 2.10. The first-order valence-corrected chi connectivity index (χ1v) is 5.37. The highest BCUT2D eigenvalue weighted by Gasteiger charge is 2.12. The molecule has 0 aliphatic rings. The Bertz CT molecular complexity index is 402. The van der Waals surface area contributed by atoms with Gasteiger partial charge in [0.1, 0.15) is 11.6 Å². The Morgan fingerprint density at radius 3 is 2.61 bits per heavy atom. The van der Waals surface area contributed by atoms with Crippen molar-refractivity contribution in [2.45, 2.75) is 6.42 Å². The number of amides is 1. The predicted molar refractivity (Wildman–Crippen MR) is 68.9 cm³/mol. The number of benzene rings is 1. The Hall–Kier alpha value is -1.20. The zero-order valence-electron chi connectivity index (χ0n) is 10.4. The van der Waals surface area contributed by atoms with Gasteiger partial charge >= 0.3 is 0 Å². The number of carbonyl (C=O) groups is 1. The van der Waals surface area contributed by atoms with Crippen molar-refractivity contribution in [2.24, 2.45) is 0 Å². The molecule has 0 aliphatic heterocycles. The summed E-state index contributed by atoms with van der Waals surface area (Å²) in [5.41, 5.74) is 0.215. The Balaban J connectivity index is 0.00000289. The summed E-state index contributed by atoms with van der Waals surface area (Å²) in [5.74, 6) is -1.51. The van der Waals surface area contributed by atoms with Gasteiger partial charge in [-0.3, -0.25) is 4.79 Å². The number of carbonyl (C=O) groups excluding carboxylic acids is 1. The summed E-state index contributed by atoms with van der Waals surface area (Å²) < 4.78 is 26.0. The van der Waals surface area contributed by atoms with Crippen molar-refractivity contribution in [3.8, 4) is 0 Å². The van der Waals surface area contributed by atoms with Gasteiger partial charge in [0.25, 0.3) is 0 Å². The molecule has 1 rings (SSSR count). The fourth-order valence-electron chi connectivity index (χ4n) is 1.37. The Morgan fingerprint density at radius 2 is 2.06 bits per heavy atom. The predicted octanol–water partition coefficient (Wildman–Crippen LogP) is 1.61. The van der Waals surface area contributed by atoms with Crippen LogP contribution in [0.1, 0.15) is 5.56 Å². The number of nitrogens with zero attached hydrogens (tertiary/aromatic N) is 1. The normalized spacial score (nSPS) is 9.78. The third-order valence-electron chi connectivity index (χ3n) is 2.48. The van der Waals surface area contributed by atoms with E-state index in [0.717, 1.165) is 12.1 Å². The number of likely N-dealkylation sites (N-methyl/N-ethyl adjacent to an activating group) is 2. The van der Waals surface area contributed by atoms with Gasteiger partial charge in [0.15, 0.2) is 0 Å². The molecule has 0 radical (unpaired) electrons. The van der Waals surface area contributed by atoms with Gasteiger partial charge in [0.05, 0.1) is 6.42 Å². The maximum absolute atomic E-state index is 13.3. The van der Waals surface area contributed by atoms with Crippen LogP contribution in [0.5, 0.6) is 0 Å². The van der Waals surface area contributed by atoms with Crippen LogP contribution in [0.2, 0.25) is 0 Å². The van der Waals surface area contributed by atoms with Crippen molar-refractivity contribution in [1.29, 1.82) is 0 Å². The van der Waals surface area contributed by atoms with Crippen LogP contribution in [0.3, 0.4) is 0 Å². The van der Waals surface area contributed by atoms with Gasteiger partial charge in [-0.15, -0.1) is 12.4 Å². The van der Waals surface area contributed by atoms with Crippen LogP contribution in [0.25, 0.3) is 0 Å². The summed E-state index contributed by atoms with van der Waals surface area (Å²) >= 11 is 0. The Morgan fingerprint density at radius 1 is 1.39 bits per heavy atom. The van der Waals surface area contributed by atoms with Crippen LogP contribution >= 0.6 is 12.4 Å². The van der Waals surface area contributed by atoms with E-state index < -0.39 is 11.6 Å². The monoisotopic (exact) mass is 278 g/mol. The molecule has 18 heavy (non-hydrogen) atoms. The zero-order valence-corrected chi connectivity index (χ0v) is 11.2. The van der Waals surface area contributed by atoms with E-state index in [2.05, 4.69) is 5.32 Å². The van der Waals surface area contributed by atoms with Crippen molar-refractivity contribution in [3.05, 3.63) is 35.4 Å². The Labute approximate surface area is 112 Å². The molecule has 0 heterocycles. The third kappa shape index (κ3) is 4.98. The molecule has 0 saturated heterocycles. The van der Waals surface area contributed by atoms with E-state index in [1.54, 1.807) is 14.1 Å². The molecule has 0 unspecified atom stereocenters. The fourth-order valence-corrected chi connectivity index (χ4v) is 1.37. The van der Waals surface area contributed by atoms with Gasteiger partial charge in [-0.25, -0.2) is 8.78 Å². The van der Waals surface area contributed by atoms with E-state index in [-0.39, 0.29) is 30.3 Å². The SMILES string of the molecule is CNCCN(C)C(=O)Cc1ccc(F)cc1F.Cl. The van der Waals surface area contributed by atoms with E-state index >= 15 is 0 Å². The van der Waals surface area contributed by atoms with Crippen LogP contribution in [-0.2, 0) is 11.2 Å². The molecular formula is C12H17ClF2N2O. The van der Waals surface area contributed by atoms with E-state index in [0.29, 0.717) is 13.1 Å². The summed E-state index contributed by atoms with van der Waals surface area (Å²) in [6.45, 7) is 1.23. The third-order valence-corrected chi connectivity index (χ3v) is 2.48. The summed E-state index contributed by atoms with van der Waals surface area (Å²) in [5, 5.41) is 2.92. The van der Waals surface area contributed by atoms with E-state index in [4.69, 9.17) is 0 Å². The average Bonchev–Trinajstić information content (AvgIpc) is 2.29. The van der Waals surface area contributed by atoms with Crippen LogP contribution in [-0.4, -0.2) is 38.0 Å². The molecule has 102 valence electrons. The van der Waals surface area contributed by atoms with Crippen LogP contribution < -0.4 is 5.32 Å². The fraction of sp³-hybridized carbons (Fsp3) is 0.417. The summed E-state index contributed by atoms with van der Waals surface area (Å²) in [6, 6.07) is 3.24. The topological polar surface area (TPSA) is 32.3 Å². The van der Waals surface area contributed by atoms with Crippen molar-refractivity contribution in [3.63, 3.8) is 0 Å². The lowest BCUT2D eigenvalue weighted by molar-refractivity contribution is -0.129. The second-order valence-corrected chi connectivity index (χ2v) is 3.83. The van der Waals surface area contributed by atoms with Crippen LogP contribution in [0, 0.1) is 11.6 Å². The molecule has 1 aromatic rings. The van der Waals surface area contributed by atoms with E-state index in [1.807, 2.05) is 0 Å². The lowest BCUT2D eigenvalue weighted by Crippen LogP contribution is -2.33. The Kier molecular flexibility index (Phi) is 7.47. The van der Waals surface area contributed by atoms with Gasteiger partial charge in [-0.1, -0.05) is 6.07 Å². The lowest BCUT2D eigenvalue weighted by atomic mass is 10.1. The maximum Gasteiger partial charge on any atom is 0.226 e. The van der Waals surface area contributed by atoms with Gasteiger partial charge in [0, 0.05) is 26.2 Å². The van der Waals surface area contributed by atoms with E-state index in [9.17, 15) is 13.6 Å². The molecule has 3 nitrogen and oxygen atoms in total. The van der Waals surface area contributed by atoms with Gasteiger partial charge in [0.2, 0.25) is 5.91 Å². The highest BCUT2D eigenvalue weighted by molar-refractivity contribution is 5.85. The largest absolute Gasteiger partial charge is 0.344 e. The van der Waals surface area contributed by atoms with Gasteiger partial charge < -0.3 is 10.2 Å². The molecule has 1 N–H and O–H groups in total. The second-order valence-electron chi connectivity index (χ2n) is 3.83. The molecule has 0 aromatic heterocycles. The second kappa shape index (κ2) is 8.00. The first-order valence-electron chi connectivity index (χ1n) is 5.37. The number of hydrogen-bond donors (Lipinski definition) is 1. The molecule has 0 atom stereocenters. The molecule has 0 saturated carbocycles. The molecule has 1 amide bonds. The van der Waals surface area contributed by atoms with Crippen LogP contribution in [0.15, 0.2) is 18.2 Å². The molecule has 1 aromatic carbocycles. The minimum atomic E-state index is -0.680. The summed E-state index contributed by atoms with van der Waals surface area (Å²) in [7, 11) is 3.44. The number of rotatable bonds is 5. The average molecular weight is 279 g/mol. The summed E-state index contributed by atoms with van der Waals surface area (Å²) in [4.78, 5) is 13.2. The zero-order chi connectivity index (χ0) is 12.8. The first-order chi connectivity index (χ1) is 8.04. The number of nitrogens with one attached hydrogen (secondary N) is 1. The molecule has 6 heteroatoms. The highest BCUT2D eigenvalue weighted by atomic mass is 35.5. The quantitative estimate of drug-likeness (QED) is 0.887. The molecule has 0 bridgehead atoms. The minimum Gasteiger partial charge on any atom is -0.344 e. The van der Waals surface area contributed by atoms with Crippen molar-refractivity contribution in [2.75, 3.05) is 27.2 Å². The smallest absolute Gasteiger partial charge is 0.226 e. The molecular weight excluding hydrogens is 262 g/mol. The van der Waals surface area contributed by atoms with E-state index in [1.165, 1.54) is 11.0 Å². The number of halogens is 3. The summed E-state index contributed by atoms with van der Waals surface area (Å²) in [6.07, 6.45) is -0.0493. The molecule has 0 spiro atoms. The van der Waals surface area contributed by atoms with Gasteiger partial charge in [-0.2, -0.15) is 0 Å². The minimum absolute atomic E-state index is 0. The lowest BCUT2D eigenvalue weighted by Gasteiger charge is -2.17. The van der Waals surface area contributed by atoms with Gasteiger partial charge in [-0.05, 0) is 18.7 Å². The van der Waals surface area contributed by atoms with Crippen molar-refractivity contribution >= 4 is 18.3 Å². The van der Waals surface area contributed by atoms with Crippen molar-refractivity contribution < 1.29 is 13.6 Å². The number of hydrogen-bond acceptors (Lipinski definition) is 2.